The molecule has 0 bridgehead atoms. The molecule has 0 aromatic heterocycles. The largest absolute Gasteiger partial charge is 1.00 e. The minimum Gasteiger partial charge on any atom is -0.548 e. The standard InChI is InChI=1S/C18H37NO2.Na/c1-4-5-6-7-8-9-10-11-12-13-14-15-16-19(3)17(2)18(20)21;/h17H,4-16H2,1-3H3,(H,20,21);/q;+1/p-1. The Labute approximate surface area is 160 Å². The molecule has 0 aliphatic rings. The molecule has 0 fully saturated rings. The third-order valence-corrected chi connectivity index (χ3v) is 4.37. The molecular formula is C18H36NNaO2. The van der Waals surface area contributed by atoms with Crippen molar-refractivity contribution in [3.05, 3.63) is 0 Å². The summed E-state index contributed by atoms with van der Waals surface area (Å²) in [4.78, 5) is 12.6. The number of carboxylic acids is 1. The van der Waals surface area contributed by atoms with Crippen molar-refractivity contribution in [2.24, 2.45) is 0 Å². The first-order valence-electron chi connectivity index (χ1n) is 9.00. The minimum absolute atomic E-state index is 0. The molecule has 0 aliphatic heterocycles. The number of carboxylic acid groups (broad SMARTS) is 1. The van der Waals surface area contributed by atoms with Gasteiger partial charge in [-0.15, -0.1) is 0 Å². The summed E-state index contributed by atoms with van der Waals surface area (Å²) in [5.41, 5.74) is 0. The van der Waals surface area contributed by atoms with Crippen LogP contribution in [0.2, 0.25) is 0 Å². The Kier molecular flexibility index (Phi) is 19.9. The van der Waals surface area contributed by atoms with Crippen LogP contribution in [0.25, 0.3) is 0 Å². The van der Waals surface area contributed by atoms with E-state index in [0.717, 1.165) is 13.0 Å². The van der Waals surface area contributed by atoms with Crippen molar-refractivity contribution in [2.45, 2.75) is 96.9 Å². The van der Waals surface area contributed by atoms with E-state index in [0.29, 0.717) is 0 Å². The van der Waals surface area contributed by atoms with Crippen LogP contribution in [-0.2, 0) is 4.79 Å². The van der Waals surface area contributed by atoms with Gasteiger partial charge in [0.1, 0.15) is 0 Å². The first-order valence-corrected chi connectivity index (χ1v) is 9.00. The summed E-state index contributed by atoms with van der Waals surface area (Å²) in [7, 11) is 1.86. The van der Waals surface area contributed by atoms with Gasteiger partial charge in [-0.3, -0.25) is 4.90 Å². The van der Waals surface area contributed by atoms with Gasteiger partial charge in [0.2, 0.25) is 0 Å². The molecule has 0 rings (SSSR count). The molecule has 3 nitrogen and oxygen atoms in total. The van der Waals surface area contributed by atoms with Gasteiger partial charge in [-0.1, -0.05) is 77.6 Å². The van der Waals surface area contributed by atoms with Crippen LogP contribution >= 0.6 is 0 Å². The normalized spacial score (nSPS) is 12.2. The molecule has 4 heteroatoms. The van der Waals surface area contributed by atoms with Crippen LogP contribution in [0.1, 0.15) is 90.9 Å². The molecule has 0 aromatic carbocycles. The molecule has 0 saturated carbocycles. The van der Waals surface area contributed by atoms with E-state index in [1.165, 1.54) is 70.6 Å². The number of aliphatic carboxylic acids is 1. The summed E-state index contributed by atoms with van der Waals surface area (Å²) in [5.74, 6) is -0.976. The number of hydrogen-bond donors (Lipinski definition) is 0. The van der Waals surface area contributed by atoms with Crippen molar-refractivity contribution in [1.82, 2.24) is 4.90 Å². The number of carbonyl (C=O) groups is 1. The van der Waals surface area contributed by atoms with Crippen LogP contribution in [0, 0.1) is 0 Å². The summed E-state index contributed by atoms with van der Waals surface area (Å²) < 4.78 is 0. The Morgan fingerprint density at radius 2 is 1.23 bits per heavy atom. The van der Waals surface area contributed by atoms with Crippen LogP contribution in [0.4, 0.5) is 0 Å². The van der Waals surface area contributed by atoms with E-state index in [2.05, 4.69) is 6.92 Å². The smallest absolute Gasteiger partial charge is 0.548 e. The summed E-state index contributed by atoms with van der Waals surface area (Å²) in [5, 5.41) is 10.7. The second kappa shape index (κ2) is 17.8. The van der Waals surface area contributed by atoms with E-state index in [-0.39, 0.29) is 29.6 Å². The topological polar surface area (TPSA) is 43.4 Å². The van der Waals surface area contributed by atoms with E-state index in [4.69, 9.17) is 0 Å². The Morgan fingerprint density at radius 3 is 1.59 bits per heavy atom. The molecular weight excluding hydrogens is 285 g/mol. The van der Waals surface area contributed by atoms with E-state index in [9.17, 15) is 9.90 Å². The van der Waals surface area contributed by atoms with Gasteiger partial charge < -0.3 is 9.90 Å². The summed E-state index contributed by atoms with van der Waals surface area (Å²) >= 11 is 0. The number of hydrogen-bond acceptors (Lipinski definition) is 3. The van der Waals surface area contributed by atoms with Gasteiger partial charge in [-0.05, 0) is 26.9 Å². The van der Waals surface area contributed by atoms with Crippen molar-refractivity contribution in [1.29, 1.82) is 0 Å². The molecule has 1 unspecified atom stereocenters. The third kappa shape index (κ3) is 15.3. The SMILES string of the molecule is CCCCCCCCCCCCCCN(C)C(C)C(=O)[O-].[Na+]. The van der Waals surface area contributed by atoms with Gasteiger partial charge in [0.15, 0.2) is 0 Å². The van der Waals surface area contributed by atoms with Crippen LogP contribution in [-0.4, -0.2) is 30.5 Å². The summed E-state index contributed by atoms with van der Waals surface area (Å²) in [6.07, 6.45) is 16.0. The van der Waals surface area contributed by atoms with Gasteiger partial charge >= 0.3 is 29.6 Å². The van der Waals surface area contributed by atoms with E-state index in [1.54, 1.807) is 6.92 Å². The predicted octanol–water partition coefficient (Wildman–Crippen LogP) is 0.762. The third-order valence-electron chi connectivity index (χ3n) is 4.37. The average Bonchev–Trinajstić information content (AvgIpc) is 2.47. The van der Waals surface area contributed by atoms with Crippen molar-refractivity contribution >= 4 is 5.97 Å². The van der Waals surface area contributed by atoms with Crippen molar-refractivity contribution in [3.8, 4) is 0 Å². The number of likely N-dealkylation sites (N-methyl/N-ethyl adjacent to an activating group) is 1. The fraction of sp³-hybridized carbons (Fsp3) is 0.944. The van der Waals surface area contributed by atoms with E-state index < -0.39 is 12.0 Å². The number of rotatable bonds is 15. The van der Waals surface area contributed by atoms with Gasteiger partial charge in [0, 0.05) is 6.04 Å². The van der Waals surface area contributed by atoms with Crippen molar-refractivity contribution in [2.75, 3.05) is 13.6 Å². The van der Waals surface area contributed by atoms with Gasteiger partial charge in [-0.25, -0.2) is 0 Å². The van der Waals surface area contributed by atoms with Crippen molar-refractivity contribution in [3.63, 3.8) is 0 Å². The predicted molar refractivity (Wildman–Crippen MR) is 88.2 cm³/mol. The molecule has 0 N–H and O–H groups in total. The Bertz CT molecular complexity index is 249. The fourth-order valence-electron chi connectivity index (χ4n) is 2.58. The van der Waals surface area contributed by atoms with Gasteiger partial charge in [0.05, 0.1) is 5.97 Å². The maximum Gasteiger partial charge on any atom is 1.00 e. The Balaban J connectivity index is 0. The summed E-state index contributed by atoms with van der Waals surface area (Å²) in [6, 6.07) is -0.474. The van der Waals surface area contributed by atoms with E-state index in [1.807, 2.05) is 11.9 Å². The average molecular weight is 321 g/mol. The monoisotopic (exact) mass is 321 g/mol. The van der Waals surface area contributed by atoms with Crippen LogP contribution in [0.5, 0.6) is 0 Å². The first-order chi connectivity index (χ1) is 10.1. The molecule has 0 aliphatic carbocycles. The quantitative estimate of drug-likeness (QED) is 0.330. The van der Waals surface area contributed by atoms with Crippen LogP contribution in [0.15, 0.2) is 0 Å². The molecule has 0 heterocycles. The number of unbranched alkanes of at least 4 members (excludes halogenated alkanes) is 11. The van der Waals surface area contributed by atoms with Crippen LogP contribution < -0.4 is 34.7 Å². The number of nitrogens with zero attached hydrogens (tertiary/aromatic N) is 1. The first kappa shape index (κ1) is 24.7. The Morgan fingerprint density at radius 1 is 0.864 bits per heavy atom. The van der Waals surface area contributed by atoms with Crippen LogP contribution in [0.3, 0.4) is 0 Å². The second-order valence-electron chi connectivity index (χ2n) is 6.36. The number of carbonyl (C=O) groups excluding carboxylic acids is 1. The molecule has 0 amide bonds. The van der Waals surface area contributed by atoms with E-state index >= 15 is 0 Å². The molecule has 1 atom stereocenters. The zero-order chi connectivity index (χ0) is 15.9. The van der Waals surface area contributed by atoms with Crippen molar-refractivity contribution < 1.29 is 39.5 Å². The van der Waals surface area contributed by atoms with Gasteiger partial charge in [-0.2, -0.15) is 0 Å². The molecule has 0 saturated heterocycles. The fourth-order valence-corrected chi connectivity index (χ4v) is 2.58. The van der Waals surface area contributed by atoms with Gasteiger partial charge in [0.25, 0.3) is 0 Å². The zero-order valence-corrected chi connectivity index (χ0v) is 17.5. The molecule has 0 radical (unpaired) electrons. The molecule has 0 spiro atoms. The zero-order valence-electron chi connectivity index (χ0n) is 15.5. The molecule has 22 heavy (non-hydrogen) atoms. The molecule has 0 aromatic rings. The molecule has 126 valence electrons. The second-order valence-corrected chi connectivity index (χ2v) is 6.36. The maximum absolute atomic E-state index is 10.7. The minimum atomic E-state index is -0.976. The maximum atomic E-state index is 10.7. The summed E-state index contributed by atoms with van der Waals surface area (Å²) in [6.45, 7) is 4.80. The Hall–Kier alpha value is 0.430.